The standard InChI is InChI=1S/C20H16N2O2/c1-13-11-17(16-5-3-4-6-19(16)22-13)20-18(12-21-24-20)14-7-9-15(23-2)10-8-14/h3-12H,1-2H3. The molecule has 0 saturated carbocycles. The quantitative estimate of drug-likeness (QED) is 0.541. The third-order valence-corrected chi connectivity index (χ3v) is 4.06. The Morgan fingerprint density at radius 2 is 1.75 bits per heavy atom. The smallest absolute Gasteiger partial charge is 0.175 e. The number of para-hydroxylation sites is 1. The second kappa shape index (κ2) is 5.81. The third kappa shape index (κ3) is 2.42. The molecular formula is C20H16N2O2. The summed E-state index contributed by atoms with van der Waals surface area (Å²) in [5.74, 6) is 1.57. The molecule has 118 valence electrons. The van der Waals surface area contributed by atoms with Crippen molar-refractivity contribution in [1.82, 2.24) is 10.1 Å². The zero-order valence-corrected chi connectivity index (χ0v) is 13.5. The first-order chi connectivity index (χ1) is 11.8. The van der Waals surface area contributed by atoms with E-state index in [2.05, 4.69) is 16.2 Å². The first-order valence-electron chi connectivity index (χ1n) is 7.72. The van der Waals surface area contributed by atoms with Crippen LogP contribution in [0.25, 0.3) is 33.4 Å². The van der Waals surface area contributed by atoms with Crippen LogP contribution in [-0.2, 0) is 0 Å². The van der Waals surface area contributed by atoms with E-state index in [-0.39, 0.29) is 0 Å². The predicted octanol–water partition coefficient (Wildman–Crippen LogP) is 4.87. The van der Waals surface area contributed by atoms with Gasteiger partial charge in [0, 0.05) is 22.2 Å². The van der Waals surface area contributed by atoms with E-state index in [1.807, 2.05) is 55.5 Å². The highest BCUT2D eigenvalue weighted by molar-refractivity contribution is 5.96. The van der Waals surface area contributed by atoms with Gasteiger partial charge in [-0.1, -0.05) is 35.5 Å². The summed E-state index contributed by atoms with van der Waals surface area (Å²) in [5.41, 5.74) is 4.88. The summed E-state index contributed by atoms with van der Waals surface area (Å²) < 4.78 is 10.8. The topological polar surface area (TPSA) is 48.2 Å². The molecule has 24 heavy (non-hydrogen) atoms. The molecule has 2 aromatic carbocycles. The van der Waals surface area contributed by atoms with Gasteiger partial charge in [-0.05, 0) is 36.8 Å². The van der Waals surface area contributed by atoms with Crippen molar-refractivity contribution < 1.29 is 9.26 Å². The lowest BCUT2D eigenvalue weighted by atomic mass is 9.99. The van der Waals surface area contributed by atoms with Gasteiger partial charge in [0.2, 0.25) is 0 Å². The molecule has 0 aliphatic rings. The number of pyridine rings is 1. The van der Waals surface area contributed by atoms with Gasteiger partial charge in [-0.25, -0.2) is 0 Å². The fourth-order valence-electron chi connectivity index (χ4n) is 2.91. The van der Waals surface area contributed by atoms with Crippen LogP contribution in [0.4, 0.5) is 0 Å². The van der Waals surface area contributed by atoms with E-state index in [0.717, 1.165) is 44.8 Å². The molecule has 0 unspecified atom stereocenters. The van der Waals surface area contributed by atoms with Crippen LogP contribution in [-0.4, -0.2) is 17.3 Å². The van der Waals surface area contributed by atoms with Crippen molar-refractivity contribution in [2.45, 2.75) is 6.92 Å². The van der Waals surface area contributed by atoms with Gasteiger partial charge < -0.3 is 9.26 Å². The Hall–Kier alpha value is -3.14. The van der Waals surface area contributed by atoms with Crippen molar-refractivity contribution in [2.24, 2.45) is 0 Å². The SMILES string of the molecule is COc1ccc(-c2cnoc2-c2cc(C)nc3ccccc23)cc1. The molecule has 4 nitrogen and oxygen atoms in total. The van der Waals surface area contributed by atoms with E-state index < -0.39 is 0 Å². The van der Waals surface area contributed by atoms with E-state index in [4.69, 9.17) is 9.26 Å². The van der Waals surface area contributed by atoms with Crippen LogP contribution >= 0.6 is 0 Å². The first-order valence-corrected chi connectivity index (χ1v) is 7.72. The average molecular weight is 316 g/mol. The van der Waals surface area contributed by atoms with Gasteiger partial charge in [0.15, 0.2) is 5.76 Å². The number of benzene rings is 2. The molecule has 0 radical (unpaired) electrons. The Morgan fingerprint density at radius 1 is 0.958 bits per heavy atom. The molecule has 0 aliphatic carbocycles. The fourth-order valence-corrected chi connectivity index (χ4v) is 2.91. The van der Waals surface area contributed by atoms with Crippen LogP contribution in [0.1, 0.15) is 5.69 Å². The van der Waals surface area contributed by atoms with Crippen LogP contribution < -0.4 is 4.74 Å². The van der Waals surface area contributed by atoms with Crippen molar-refractivity contribution in [3.05, 3.63) is 66.5 Å². The number of aromatic nitrogens is 2. The molecule has 2 aromatic heterocycles. The number of methoxy groups -OCH3 is 1. The molecule has 0 bridgehead atoms. The third-order valence-electron chi connectivity index (χ3n) is 4.06. The summed E-state index contributed by atoms with van der Waals surface area (Å²) in [6.07, 6.45) is 1.75. The number of aryl methyl sites for hydroxylation is 1. The number of rotatable bonds is 3. The monoisotopic (exact) mass is 316 g/mol. The summed E-state index contributed by atoms with van der Waals surface area (Å²) in [6, 6.07) is 18.0. The zero-order valence-electron chi connectivity index (χ0n) is 13.5. The second-order valence-electron chi connectivity index (χ2n) is 5.63. The summed E-state index contributed by atoms with van der Waals surface area (Å²) in [7, 11) is 1.66. The van der Waals surface area contributed by atoms with Crippen molar-refractivity contribution >= 4 is 10.9 Å². The average Bonchev–Trinajstić information content (AvgIpc) is 3.10. The Labute approximate surface area is 139 Å². The molecule has 0 N–H and O–H groups in total. The molecular weight excluding hydrogens is 300 g/mol. The molecule has 0 fully saturated rings. The minimum atomic E-state index is 0.752. The molecule has 0 spiro atoms. The Bertz CT molecular complexity index is 1000. The van der Waals surface area contributed by atoms with E-state index in [1.165, 1.54) is 0 Å². The molecule has 4 heteroatoms. The van der Waals surface area contributed by atoms with E-state index >= 15 is 0 Å². The minimum absolute atomic E-state index is 0.752. The van der Waals surface area contributed by atoms with Gasteiger partial charge in [0.1, 0.15) is 5.75 Å². The molecule has 0 atom stereocenters. The summed E-state index contributed by atoms with van der Waals surface area (Å²) >= 11 is 0. The Balaban J connectivity index is 1.91. The van der Waals surface area contributed by atoms with Gasteiger partial charge in [0.05, 0.1) is 18.8 Å². The van der Waals surface area contributed by atoms with Crippen LogP contribution in [0.3, 0.4) is 0 Å². The van der Waals surface area contributed by atoms with Gasteiger partial charge in [0.25, 0.3) is 0 Å². The number of nitrogens with zero attached hydrogens (tertiary/aromatic N) is 2. The normalized spacial score (nSPS) is 10.9. The highest BCUT2D eigenvalue weighted by Gasteiger charge is 2.16. The maximum atomic E-state index is 5.62. The van der Waals surface area contributed by atoms with Crippen molar-refractivity contribution in [3.63, 3.8) is 0 Å². The lowest BCUT2D eigenvalue weighted by Crippen LogP contribution is -1.89. The van der Waals surface area contributed by atoms with E-state index in [0.29, 0.717) is 0 Å². The maximum absolute atomic E-state index is 5.62. The summed E-state index contributed by atoms with van der Waals surface area (Å²) in [5, 5.41) is 5.08. The van der Waals surface area contributed by atoms with Gasteiger partial charge in [-0.2, -0.15) is 0 Å². The van der Waals surface area contributed by atoms with Gasteiger partial charge in [-0.15, -0.1) is 0 Å². The van der Waals surface area contributed by atoms with Crippen LogP contribution in [0.5, 0.6) is 5.75 Å². The highest BCUT2D eigenvalue weighted by Crippen LogP contribution is 2.36. The minimum Gasteiger partial charge on any atom is -0.497 e. The molecule has 0 aliphatic heterocycles. The molecule has 0 amide bonds. The Morgan fingerprint density at radius 3 is 2.54 bits per heavy atom. The first kappa shape index (κ1) is 14.5. The molecule has 0 saturated heterocycles. The largest absolute Gasteiger partial charge is 0.497 e. The number of hydrogen-bond donors (Lipinski definition) is 0. The lowest BCUT2D eigenvalue weighted by Gasteiger charge is -2.07. The second-order valence-corrected chi connectivity index (χ2v) is 5.63. The number of fused-ring (bicyclic) bond motifs is 1. The van der Waals surface area contributed by atoms with Crippen LogP contribution in [0, 0.1) is 6.92 Å². The Kier molecular flexibility index (Phi) is 3.50. The van der Waals surface area contributed by atoms with Gasteiger partial charge in [-0.3, -0.25) is 4.98 Å². The van der Waals surface area contributed by atoms with Crippen LogP contribution in [0.2, 0.25) is 0 Å². The summed E-state index contributed by atoms with van der Waals surface area (Å²) in [6.45, 7) is 1.99. The maximum Gasteiger partial charge on any atom is 0.175 e. The predicted molar refractivity (Wildman–Crippen MR) is 94.0 cm³/mol. The van der Waals surface area contributed by atoms with Crippen LogP contribution in [0.15, 0.2) is 65.3 Å². The lowest BCUT2D eigenvalue weighted by molar-refractivity contribution is 0.415. The fraction of sp³-hybridized carbons (Fsp3) is 0.100. The highest BCUT2D eigenvalue weighted by atomic mass is 16.5. The number of hydrogen-bond acceptors (Lipinski definition) is 4. The van der Waals surface area contributed by atoms with Gasteiger partial charge >= 0.3 is 0 Å². The zero-order chi connectivity index (χ0) is 16.5. The molecule has 4 aromatic rings. The summed E-state index contributed by atoms with van der Waals surface area (Å²) in [4.78, 5) is 4.59. The molecule has 4 rings (SSSR count). The van der Waals surface area contributed by atoms with E-state index in [1.54, 1.807) is 13.3 Å². The van der Waals surface area contributed by atoms with Crippen molar-refractivity contribution in [2.75, 3.05) is 7.11 Å². The number of ether oxygens (including phenoxy) is 1. The van der Waals surface area contributed by atoms with Crippen molar-refractivity contribution in [3.8, 4) is 28.2 Å². The molecule has 2 heterocycles. The van der Waals surface area contributed by atoms with Crippen molar-refractivity contribution in [1.29, 1.82) is 0 Å². The van der Waals surface area contributed by atoms with E-state index in [9.17, 15) is 0 Å².